The fourth-order valence-corrected chi connectivity index (χ4v) is 5.90. The van der Waals surface area contributed by atoms with Crippen molar-refractivity contribution in [2.75, 3.05) is 0 Å². The number of ether oxygens (including phenoxy) is 1. The minimum atomic E-state index is -2.75. The third-order valence-corrected chi connectivity index (χ3v) is 7.91. The number of halogens is 2. The molecule has 0 amide bonds. The molecule has 0 radical (unpaired) electrons. The summed E-state index contributed by atoms with van der Waals surface area (Å²) in [6.07, 6.45) is 24.2. The molecule has 1 saturated carbocycles. The maximum absolute atomic E-state index is 12.3. The Morgan fingerprint density at radius 2 is 1.47 bits per heavy atom. The van der Waals surface area contributed by atoms with Crippen LogP contribution >= 0.6 is 0 Å². The van der Waals surface area contributed by atoms with Gasteiger partial charge in [0.05, 0.1) is 0 Å². The van der Waals surface area contributed by atoms with E-state index in [9.17, 15) is 8.78 Å². The molecule has 1 unspecified atom stereocenters. The Kier molecular flexibility index (Phi) is 11.1. The van der Waals surface area contributed by atoms with Gasteiger partial charge in [-0.05, 0) is 93.2 Å². The van der Waals surface area contributed by atoms with Crippen LogP contribution in [-0.4, -0.2) is 6.61 Å². The minimum Gasteiger partial charge on any atom is -0.435 e. The van der Waals surface area contributed by atoms with E-state index >= 15 is 0 Å². The number of benzene rings is 1. The zero-order chi connectivity index (χ0) is 22.6. The first-order valence-corrected chi connectivity index (χ1v) is 13.4. The summed E-state index contributed by atoms with van der Waals surface area (Å²) in [5.41, 5.74) is 3.01. The molecule has 3 rings (SSSR count). The number of alkyl halides is 2. The van der Waals surface area contributed by atoms with Gasteiger partial charge in [-0.2, -0.15) is 8.78 Å². The fraction of sp³-hybridized carbons (Fsp3) is 0.724. The van der Waals surface area contributed by atoms with Crippen molar-refractivity contribution in [1.82, 2.24) is 0 Å². The summed E-state index contributed by atoms with van der Waals surface area (Å²) in [6.45, 7) is -0.465. The quantitative estimate of drug-likeness (QED) is 0.216. The van der Waals surface area contributed by atoms with Crippen molar-refractivity contribution < 1.29 is 13.5 Å². The monoisotopic (exact) mass is 446 g/mol. The SMILES string of the molecule is CCCCCCCCCCC1=CCC([C@H]2CC[C@H](c3ccc(OC(F)F)cc3)CC2)CC1. The third kappa shape index (κ3) is 8.52. The van der Waals surface area contributed by atoms with E-state index in [1.807, 2.05) is 12.1 Å². The number of rotatable bonds is 13. The number of allylic oxidation sites excluding steroid dienone is 2. The largest absolute Gasteiger partial charge is 0.435 e. The second-order valence-corrected chi connectivity index (χ2v) is 10.2. The number of hydrogen-bond acceptors (Lipinski definition) is 1. The molecule has 1 fully saturated rings. The van der Waals surface area contributed by atoms with E-state index < -0.39 is 6.61 Å². The summed E-state index contributed by atoms with van der Waals surface area (Å²) >= 11 is 0. The molecule has 1 aromatic rings. The van der Waals surface area contributed by atoms with E-state index in [4.69, 9.17) is 0 Å². The predicted molar refractivity (Wildman–Crippen MR) is 130 cm³/mol. The Morgan fingerprint density at radius 1 is 0.812 bits per heavy atom. The second kappa shape index (κ2) is 14.0. The molecule has 0 heterocycles. The zero-order valence-corrected chi connectivity index (χ0v) is 20.2. The van der Waals surface area contributed by atoms with Gasteiger partial charge in [0.2, 0.25) is 0 Å². The highest BCUT2D eigenvalue weighted by molar-refractivity contribution is 5.29. The van der Waals surface area contributed by atoms with Crippen LogP contribution in [-0.2, 0) is 0 Å². The highest BCUT2D eigenvalue weighted by Gasteiger charge is 2.29. The molecule has 2 aliphatic rings. The van der Waals surface area contributed by atoms with Crippen molar-refractivity contribution in [1.29, 1.82) is 0 Å². The van der Waals surface area contributed by atoms with Gasteiger partial charge in [0.25, 0.3) is 0 Å². The van der Waals surface area contributed by atoms with E-state index in [1.165, 1.54) is 108 Å². The standard InChI is InChI=1S/C29H44F2O/c1-2-3-4-5-6-7-8-9-10-23-11-13-24(14-12-23)25-15-17-26(18-16-25)27-19-21-28(22-20-27)32-29(30)31/h11,19-22,24-26,29H,2-10,12-18H2,1H3/t24?,25-,26-. The molecule has 0 N–H and O–H groups in total. The van der Waals surface area contributed by atoms with Crippen molar-refractivity contribution in [2.45, 2.75) is 122 Å². The molecule has 180 valence electrons. The maximum Gasteiger partial charge on any atom is 0.387 e. The van der Waals surface area contributed by atoms with Gasteiger partial charge in [-0.3, -0.25) is 0 Å². The summed E-state index contributed by atoms with van der Waals surface area (Å²) in [4.78, 5) is 0. The molecule has 1 atom stereocenters. The molecule has 2 aliphatic carbocycles. The van der Waals surface area contributed by atoms with Gasteiger partial charge in [-0.15, -0.1) is 0 Å². The van der Waals surface area contributed by atoms with Crippen LogP contribution in [0.4, 0.5) is 8.78 Å². The third-order valence-electron chi connectivity index (χ3n) is 7.91. The van der Waals surface area contributed by atoms with Crippen LogP contribution in [0.3, 0.4) is 0 Å². The Morgan fingerprint density at radius 3 is 2.06 bits per heavy atom. The number of unbranched alkanes of at least 4 members (excludes halogenated alkanes) is 7. The molecular formula is C29H44F2O. The molecule has 0 saturated heterocycles. The highest BCUT2D eigenvalue weighted by Crippen LogP contribution is 2.43. The van der Waals surface area contributed by atoms with Gasteiger partial charge in [-0.25, -0.2) is 0 Å². The van der Waals surface area contributed by atoms with E-state index in [1.54, 1.807) is 17.7 Å². The predicted octanol–water partition coefficient (Wildman–Crippen LogP) is 9.82. The van der Waals surface area contributed by atoms with Crippen molar-refractivity contribution in [3.8, 4) is 5.75 Å². The van der Waals surface area contributed by atoms with Gasteiger partial charge in [-0.1, -0.05) is 75.7 Å². The van der Waals surface area contributed by atoms with Crippen molar-refractivity contribution in [3.63, 3.8) is 0 Å². The summed E-state index contributed by atoms with van der Waals surface area (Å²) in [5, 5.41) is 0. The van der Waals surface area contributed by atoms with Crippen LogP contribution in [0.5, 0.6) is 5.75 Å². The molecule has 0 bridgehead atoms. The van der Waals surface area contributed by atoms with Crippen LogP contribution in [0.25, 0.3) is 0 Å². The van der Waals surface area contributed by atoms with Gasteiger partial charge in [0.15, 0.2) is 0 Å². The lowest BCUT2D eigenvalue weighted by atomic mass is 9.70. The summed E-state index contributed by atoms with van der Waals surface area (Å²) in [7, 11) is 0. The van der Waals surface area contributed by atoms with Gasteiger partial charge in [0.1, 0.15) is 5.75 Å². The summed E-state index contributed by atoms with van der Waals surface area (Å²) in [5.74, 6) is 2.58. The first-order chi connectivity index (χ1) is 15.7. The first kappa shape index (κ1) is 25.2. The average Bonchev–Trinajstić information content (AvgIpc) is 2.81. The van der Waals surface area contributed by atoms with E-state index in [0.717, 1.165) is 11.8 Å². The van der Waals surface area contributed by atoms with Gasteiger partial charge >= 0.3 is 6.61 Å². The minimum absolute atomic E-state index is 0.259. The van der Waals surface area contributed by atoms with Gasteiger partial charge in [0, 0.05) is 0 Å². The zero-order valence-electron chi connectivity index (χ0n) is 20.2. The molecule has 1 nitrogen and oxygen atoms in total. The molecule has 32 heavy (non-hydrogen) atoms. The Bertz CT molecular complexity index is 658. The van der Waals surface area contributed by atoms with E-state index in [0.29, 0.717) is 5.92 Å². The van der Waals surface area contributed by atoms with Crippen LogP contribution in [0.15, 0.2) is 35.9 Å². The first-order valence-electron chi connectivity index (χ1n) is 13.4. The lowest BCUT2D eigenvalue weighted by molar-refractivity contribution is -0.0498. The van der Waals surface area contributed by atoms with Gasteiger partial charge < -0.3 is 4.74 Å². The van der Waals surface area contributed by atoms with E-state index in [2.05, 4.69) is 17.7 Å². The molecule has 0 aromatic heterocycles. The van der Waals surface area contributed by atoms with Crippen LogP contribution in [0.2, 0.25) is 0 Å². The Balaban J connectivity index is 1.31. The number of hydrogen-bond donors (Lipinski definition) is 0. The summed E-state index contributed by atoms with van der Waals surface area (Å²) in [6, 6.07) is 7.33. The van der Waals surface area contributed by atoms with Crippen LogP contribution < -0.4 is 4.74 Å². The lowest BCUT2D eigenvalue weighted by Crippen LogP contribution is -2.22. The second-order valence-electron chi connectivity index (χ2n) is 10.2. The molecule has 0 aliphatic heterocycles. The summed E-state index contributed by atoms with van der Waals surface area (Å²) < 4.78 is 29.1. The normalized spacial score (nSPS) is 23.9. The fourth-order valence-electron chi connectivity index (χ4n) is 5.90. The van der Waals surface area contributed by atoms with E-state index in [-0.39, 0.29) is 5.75 Å². The maximum atomic E-state index is 12.3. The average molecular weight is 447 g/mol. The molecule has 1 aromatic carbocycles. The molecular weight excluding hydrogens is 402 g/mol. The van der Waals surface area contributed by atoms with Crippen molar-refractivity contribution in [2.24, 2.45) is 11.8 Å². The van der Waals surface area contributed by atoms with Crippen LogP contribution in [0.1, 0.15) is 121 Å². The molecule has 0 spiro atoms. The Hall–Kier alpha value is -1.38. The lowest BCUT2D eigenvalue weighted by Gasteiger charge is -2.35. The van der Waals surface area contributed by atoms with Crippen molar-refractivity contribution in [3.05, 3.63) is 41.5 Å². The van der Waals surface area contributed by atoms with Crippen LogP contribution in [0, 0.1) is 11.8 Å². The Labute approximate surface area is 195 Å². The topological polar surface area (TPSA) is 9.23 Å². The molecule has 3 heteroatoms. The smallest absolute Gasteiger partial charge is 0.387 e. The van der Waals surface area contributed by atoms with Crippen molar-refractivity contribution >= 4 is 0 Å². The highest BCUT2D eigenvalue weighted by atomic mass is 19.3.